The van der Waals surface area contributed by atoms with Gasteiger partial charge in [0.05, 0.1) is 0 Å². The van der Waals surface area contributed by atoms with E-state index in [1.807, 2.05) is 24.0 Å². The summed E-state index contributed by atoms with van der Waals surface area (Å²) in [5, 5.41) is 2.90. The van der Waals surface area contributed by atoms with Gasteiger partial charge < -0.3 is 9.80 Å². The van der Waals surface area contributed by atoms with Gasteiger partial charge in [0, 0.05) is 25.8 Å². The molecular weight excluding hydrogens is 276 g/mol. The molecule has 22 heavy (non-hydrogen) atoms. The predicted molar refractivity (Wildman–Crippen MR) is 88.0 cm³/mol. The molecule has 2 saturated heterocycles. The molecule has 5 nitrogen and oxygen atoms in total. The van der Waals surface area contributed by atoms with Crippen LogP contribution in [0.5, 0.6) is 0 Å². The number of hydrogen-bond acceptors (Lipinski definition) is 3. The Bertz CT molecular complexity index is 496. The Morgan fingerprint density at radius 2 is 2.09 bits per heavy atom. The number of hydrogen-bond donors (Lipinski definition) is 1. The molecule has 3 rings (SSSR count). The van der Waals surface area contributed by atoms with Gasteiger partial charge in [-0.15, -0.1) is 0 Å². The first-order valence-electron chi connectivity index (χ1n) is 8.41. The number of aromatic nitrogens is 1. The fraction of sp³-hybridized carbons (Fsp3) is 0.647. The molecule has 0 aromatic carbocycles. The Morgan fingerprint density at radius 3 is 2.82 bits per heavy atom. The fourth-order valence-corrected chi connectivity index (χ4v) is 3.40. The highest BCUT2D eigenvalue weighted by atomic mass is 16.2. The van der Waals surface area contributed by atoms with Crippen LogP contribution < -0.4 is 5.32 Å². The van der Waals surface area contributed by atoms with Crippen LogP contribution in [0, 0.1) is 12.8 Å². The number of nitrogens with one attached hydrogen (secondary N) is 1. The van der Waals surface area contributed by atoms with Crippen LogP contribution in [-0.2, 0) is 0 Å². The van der Waals surface area contributed by atoms with Crippen molar-refractivity contribution in [3.63, 3.8) is 0 Å². The SMILES string of the molecule is Cc1ccc(NC(=O)N2CC[C@H](CN3CCCCC3)C2)nc1. The lowest BCUT2D eigenvalue weighted by atomic mass is 10.1. The zero-order valence-electron chi connectivity index (χ0n) is 13.4. The van der Waals surface area contributed by atoms with Gasteiger partial charge in [0.25, 0.3) is 0 Å². The van der Waals surface area contributed by atoms with Crippen molar-refractivity contribution < 1.29 is 4.79 Å². The van der Waals surface area contributed by atoms with E-state index in [0.29, 0.717) is 11.7 Å². The summed E-state index contributed by atoms with van der Waals surface area (Å²) in [6.07, 6.45) is 6.93. The van der Waals surface area contributed by atoms with Gasteiger partial charge in [-0.3, -0.25) is 5.32 Å². The van der Waals surface area contributed by atoms with Gasteiger partial charge in [0.2, 0.25) is 0 Å². The number of carbonyl (C=O) groups is 1. The van der Waals surface area contributed by atoms with Crippen molar-refractivity contribution in [1.82, 2.24) is 14.8 Å². The number of aryl methyl sites for hydroxylation is 1. The smallest absolute Gasteiger partial charge is 0.323 e. The zero-order valence-corrected chi connectivity index (χ0v) is 13.4. The normalized spacial score (nSPS) is 22.8. The molecule has 3 heterocycles. The molecule has 1 aromatic rings. The number of nitrogens with zero attached hydrogens (tertiary/aromatic N) is 3. The number of amides is 2. The highest BCUT2D eigenvalue weighted by molar-refractivity contribution is 5.88. The van der Waals surface area contributed by atoms with Gasteiger partial charge in [-0.05, 0) is 56.8 Å². The van der Waals surface area contributed by atoms with Gasteiger partial charge in [-0.1, -0.05) is 12.5 Å². The molecule has 120 valence electrons. The molecule has 5 heteroatoms. The Balaban J connectivity index is 1.47. The van der Waals surface area contributed by atoms with Crippen molar-refractivity contribution >= 4 is 11.8 Å². The standard InChI is InChI=1S/C17H26N4O/c1-14-5-6-16(18-11-14)19-17(22)21-10-7-15(13-21)12-20-8-3-2-4-9-20/h5-6,11,15H,2-4,7-10,12-13H2,1H3,(H,18,19,22)/t15-/m1/s1. The third-order valence-electron chi connectivity index (χ3n) is 4.68. The van der Waals surface area contributed by atoms with Crippen LogP contribution in [0.15, 0.2) is 18.3 Å². The maximum absolute atomic E-state index is 12.3. The van der Waals surface area contributed by atoms with Crippen LogP contribution in [0.4, 0.5) is 10.6 Å². The molecule has 2 amide bonds. The summed E-state index contributed by atoms with van der Waals surface area (Å²) in [5.74, 6) is 1.25. The maximum atomic E-state index is 12.3. The van der Waals surface area contributed by atoms with E-state index in [9.17, 15) is 4.79 Å². The van der Waals surface area contributed by atoms with Crippen molar-refractivity contribution in [2.75, 3.05) is 38.0 Å². The lowest BCUT2D eigenvalue weighted by molar-refractivity contribution is 0.192. The first kappa shape index (κ1) is 15.3. The number of pyridine rings is 1. The van der Waals surface area contributed by atoms with Gasteiger partial charge in [-0.2, -0.15) is 0 Å². The third kappa shape index (κ3) is 3.97. The minimum absolute atomic E-state index is 0.0162. The number of rotatable bonds is 3. The van der Waals surface area contributed by atoms with E-state index in [1.54, 1.807) is 6.20 Å². The van der Waals surface area contributed by atoms with Crippen LogP contribution in [0.25, 0.3) is 0 Å². The lowest BCUT2D eigenvalue weighted by Gasteiger charge is -2.28. The summed E-state index contributed by atoms with van der Waals surface area (Å²) in [4.78, 5) is 21.0. The molecule has 0 unspecified atom stereocenters. The van der Waals surface area contributed by atoms with Gasteiger partial charge in [0.15, 0.2) is 0 Å². The Morgan fingerprint density at radius 1 is 1.27 bits per heavy atom. The number of likely N-dealkylation sites (tertiary alicyclic amines) is 2. The van der Waals surface area contributed by atoms with Gasteiger partial charge in [-0.25, -0.2) is 9.78 Å². The quantitative estimate of drug-likeness (QED) is 0.934. The summed E-state index contributed by atoms with van der Waals surface area (Å²) in [7, 11) is 0. The molecule has 0 spiro atoms. The van der Waals surface area contributed by atoms with E-state index in [0.717, 1.165) is 31.6 Å². The fourth-order valence-electron chi connectivity index (χ4n) is 3.40. The largest absolute Gasteiger partial charge is 0.324 e. The molecule has 2 aliphatic rings. The van der Waals surface area contributed by atoms with Crippen molar-refractivity contribution in [3.05, 3.63) is 23.9 Å². The summed E-state index contributed by atoms with van der Waals surface area (Å²) in [5.41, 5.74) is 1.10. The van der Waals surface area contributed by atoms with E-state index in [1.165, 1.54) is 32.4 Å². The van der Waals surface area contributed by atoms with Crippen LogP contribution in [0.2, 0.25) is 0 Å². The summed E-state index contributed by atoms with van der Waals surface area (Å²) < 4.78 is 0. The molecule has 2 fully saturated rings. The van der Waals surface area contributed by atoms with Crippen molar-refractivity contribution in [2.45, 2.75) is 32.6 Å². The summed E-state index contributed by atoms with van der Waals surface area (Å²) in [6, 6.07) is 3.80. The monoisotopic (exact) mass is 302 g/mol. The minimum atomic E-state index is -0.0162. The Kier molecular flexibility index (Phi) is 4.93. The molecular formula is C17H26N4O. The van der Waals surface area contributed by atoms with Crippen LogP contribution in [0.1, 0.15) is 31.2 Å². The number of anilines is 1. The molecule has 1 aromatic heterocycles. The molecule has 0 aliphatic carbocycles. The van der Waals surface area contributed by atoms with Gasteiger partial charge >= 0.3 is 6.03 Å². The van der Waals surface area contributed by atoms with E-state index in [-0.39, 0.29) is 6.03 Å². The second-order valence-electron chi connectivity index (χ2n) is 6.61. The molecule has 0 bridgehead atoms. The van der Waals surface area contributed by atoms with Crippen LogP contribution in [-0.4, -0.2) is 53.5 Å². The topological polar surface area (TPSA) is 48.5 Å². The lowest BCUT2D eigenvalue weighted by Crippen LogP contribution is -2.37. The van der Waals surface area contributed by atoms with Crippen molar-refractivity contribution in [2.24, 2.45) is 5.92 Å². The second kappa shape index (κ2) is 7.09. The average molecular weight is 302 g/mol. The average Bonchev–Trinajstić information content (AvgIpc) is 2.99. The summed E-state index contributed by atoms with van der Waals surface area (Å²) >= 11 is 0. The molecule has 2 aliphatic heterocycles. The van der Waals surface area contributed by atoms with Crippen LogP contribution in [0.3, 0.4) is 0 Å². The van der Waals surface area contributed by atoms with Crippen molar-refractivity contribution in [1.29, 1.82) is 0 Å². The Labute approximate surface area is 132 Å². The molecule has 0 saturated carbocycles. The molecule has 1 atom stereocenters. The highest BCUT2D eigenvalue weighted by Gasteiger charge is 2.28. The third-order valence-corrected chi connectivity index (χ3v) is 4.68. The number of urea groups is 1. The Hall–Kier alpha value is -1.62. The van der Waals surface area contributed by atoms with E-state index in [2.05, 4.69) is 15.2 Å². The number of piperidine rings is 1. The van der Waals surface area contributed by atoms with Crippen LogP contribution >= 0.6 is 0 Å². The maximum Gasteiger partial charge on any atom is 0.323 e. The van der Waals surface area contributed by atoms with E-state index >= 15 is 0 Å². The second-order valence-corrected chi connectivity index (χ2v) is 6.61. The van der Waals surface area contributed by atoms with E-state index in [4.69, 9.17) is 0 Å². The number of carbonyl (C=O) groups excluding carboxylic acids is 1. The predicted octanol–water partition coefficient (Wildman–Crippen LogP) is 2.73. The van der Waals surface area contributed by atoms with Crippen molar-refractivity contribution in [3.8, 4) is 0 Å². The summed E-state index contributed by atoms with van der Waals surface area (Å²) in [6.45, 7) is 7.33. The van der Waals surface area contributed by atoms with Gasteiger partial charge in [0.1, 0.15) is 5.82 Å². The molecule has 0 radical (unpaired) electrons. The highest BCUT2D eigenvalue weighted by Crippen LogP contribution is 2.20. The first-order chi connectivity index (χ1) is 10.7. The molecule has 1 N–H and O–H groups in total. The van der Waals surface area contributed by atoms with E-state index < -0.39 is 0 Å². The minimum Gasteiger partial charge on any atom is -0.324 e. The first-order valence-corrected chi connectivity index (χ1v) is 8.41. The zero-order chi connectivity index (χ0) is 15.4.